The first kappa shape index (κ1) is 14.8. The van der Waals surface area contributed by atoms with Gasteiger partial charge in [-0.1, -0.05) is 6.07 Å². The third-order valence-corrected chi connectivity index (χ3v) is 2.50. The lowest BCUT2D eigenvalue weighted by Gasteiger charge is -2.14. The topological polar surface area (TPSA) is 87.7 Å². The number of carbonyl (C=O) groups excluding carboxylic acids is 1. The minimum Gasteiger partial charge on any atom is -0.494 e. The van der Waals surface area contributed by atoms with Gasteiger partial charge in [-0.3, -0.25) is 4.79 Å². The van der Waals surface area contributed by atoms with Crippen molar-refractivity contribution in [2.24, 2.45) is 0 Å². The number of carbonyl (C=O) groups is 2. The average molecular weight is 266 g/mol. The summed E-state index contributed by atoms with van der Waals surface area (Å²) in [5.41, 5.74) is 2.48. The Bertz CT molecular complexity index is 486. The first-order valence-corrected chi connectivity index (χ1v) is 5.86. The Balaban J connectivity index is 2.70. The van der Waals surface area contributed by atoms with Gasteiger partial charge < -0.3 is 20.5 Å². The first-order chi connectivity index (χ1) is 8.93. The molecule has 3 N–H and O–H groups in total. The van der Waals surface area contributed by atoms with E-state index in [9.17, 15) is 9.59 Å². The Morgan fingerprint density at radius 1 is 1.32 bits per heavy atom. The molecule has 0 saturated carbocycles. The summed E-state index contributed by atoms with van der Waals surface area (Å²) >= 11 is 0. The van der Waals surface area contributed by atoms with E-state index in [1.54, 1.807) is 6.07 Å². The molecule has 1 aromatic carbocycles. The molecular formula is C13H18N2O4. The fourth-order valence-corrected chi connectivity index (χ4v) is 1.77. The summed E-state index contributed by atoms with van der Waals surface area (Å²) in [5.74, 6) is -0.358. The number of carboxylic acids is 1. The fraction of sp³-hybridized carbons (Fsp3) is 0.385. The molecule has 0 aliphatic carbocycles. The van der Waals surface area contributed by atoms with Gasteiger partial charge in [-0.05, 0) is 31.0 Å². The van der Waals surface area contributed by atoms with Crippen molar-refractivity contribution < 1.29 is 19.4 Å². The molecule has 0 bridgehead atoms. The van der Waals surface area contributed by atoms with E-state index in [1.807, 2.05) is 19.9 Å². The molecule has 19 heavy (non-hydrogen) atoms. The van der Waals surface area contributed by atoms with E-state index < -0.39 is 12.0 Å². The second kappa shape index (κ2) is 6.63. The maximum absolute atomic E-state index is 11.6. The van der Waals surface area contributed by atoms with E-state index in [1.165, 1.54) is 7.11 Å². The number of anilines is 1. The monoisotopic (exact) mass is 266 g/mol. The number of amides is 2. The number of methoxy groups -OCH3 is 1. The quantitative estimate of drug-likeness (QED) is 0.759. The van der Waals surface area contributed by atoms with Gasteiger partial charge in [0.25, 0.3) is 0 Å². The predicted octanol–water partition coefficient (Wildman–Crippen LogP) is 1.91. The molecule has 0 atom stereocenters. The van der Waals surface area contributed by atoms with Crippen LogP contribution in [0, 0.1) is 13.8 Å². The first-order valence-electron chi connectivity index (χ1n) is 5.86. The maximum atomic E-state index is 11.6. The van der Waals surface area contributed by atoms with Crippen LogP contribution in [-0.4, -0.2) is 30.8 Å². The molecule has 0 radical (unpaired) electrons. The van der Waals surface area contributed by atoms with Gasteiger partial charge in [-0.25, -0.2) is 4.79 Å². The van der Waals surface area contributed by atoms with Gasteiger partial charge >= 0.3 is 12.0 Å². The smallest absolute Gasteiger partial charge is 0.319 e. The van der Waals surface area contributed by atoms with Crippen LogP contribution in [0.2, 0.25) is 0 Å². The van der Waals surface area contributed by atoms with Crippen molar-refractivity contribution >= 4 is 17.7 Å². The highest BCUT2D eigenvalue weighted by Crippen LogP contribution is 2.29. The van der Waals surface area contributed by atoms with Crippen LogP contribution < -0.4 is 15.4 Å². The summed E-state index contributed by atoms with van der Waals surface area (Å²) in [5, 5.41) is 13.6. The van der Waals surface area contributed by atoms with Gasteiger partial charge in [0.15, 0.2) is 0 Å². The lowest BCUT2D eigenvalue weighted by atomic mass is 10.1. The molecule has 0 spiro atoms. The van der Waals surface area contributed by atoms with E-state index in [2.05, 4.69) is 10.6 Å². The standard InChI is InChI=1S/C13H18N2O4/c1-8-6-9(2)12(19-3)10(7-8)15-13(18)14-5-4-11(16)17/h6-7H,4-5H2,1-3H3,(H,16,17)(H2,14,15,18). The summed E-state index contributed by atoms with van der Waals surface area (Å²) in [7, 11) is 1.53. The molecule has 104 valence electrons. The summed E-state index contributed by atoms with van der Waals surface area (Å²) in [6, 6.07) is 3.29. The third kappa shape index (κ3) is 4.50. The highest BCUT2D eigenvalue weighted by molar-refractivity contribution is 5.91. The lowest BCUT2D eigenvalue weighted by Crippen LogP contribution is -2.30. The van der Waals surface area contributed by atoms with Crippen LogP contribution >= 0.6 is 0 Å². The molecule has 0 aliphatic heterocycles. The van der Waals surface area contributed by atoms with Crippen molar-refractivity contribution in [3.63, 3.8) is 0 Å². The minimum atomic E-state index is -0.954. The second-order valence-electron chi connectivity index (χ2n) is 4.19. The van der Waals surface area contributed by atoms with Gasteiger partial charge in [-0.15, -0.1) is 0 Å². The summed E-state index contributed by atoms with van der Waals surface area (Å²) in [6.45, 7) is 3.88. The Kier molecular flexibility index (Phi) is 5.17. The normalized spacial score (nSPS) is 9.84. The maximum Gasteiger partial charge on any atom is 0.319 e. The molecule has 6 nitrogen and oxygen atoms in total. The number of ether oxygens (including phenoxy) is 1. The van der Waals surface area contributed by atoms with Crippen molar-refractivity contribution in [3.05, 3.63) is 23.3 Å². The van der Waals surface area contributed by atoms with Crippen molar-refractivity contribution in [2.45, 2.75) is 20.3 Å². The van der Waals surface area contributed by atoms with E-state index >= 15 is 0 Å². The summed E-state index contributed by atoms with van der Waals surface area (Å²) in [4.78, 5) is 22.0. The van der Waals surface area contributed by atoms with Crippen LogP contribution in [0.4, 0.5) is 10.5 Å². The van der Waals surface area contributed by atoms with E-state index in [-0.39, 0.29) is 13.0 Å². The molecule has 0 aromatic heterocycles. The highest BCUT2D eigenvalue weighted by atomic mass is 16.5. The van der Waals surface area contributed by atoms with E-state index in [0.29, 0.717) is 11.4 Å². The summed E-state index contributed by atoms with van der Waals surface area (Å²) in [6.07, 6.45) is -0.114. The van der Waals surface area contributed by atoms with E-state index in [0.717, 1.165) is 11.1 Å². The fourth-order valence-electron chi connectivity index (χ4n) is 1.77. The number of nitrogens with one attached hydrogen (secondary N) is 2. The zero-order valence-corrected chi connectivity index (χ0v) is 11.2. The lowest BCUT2D eigenvalue weighted by molar-refractivity contribution is -0.136. The van der Waals surface area contributed by atoms with Gasteiger partial charge in [0.1, 0.15) is 5.75 Å². The van der Waals surface area contributed by atoms with Crippen LogP contribution in [0.25, 0.3) is 0 Å². The zero-order valence-electron chi connectivity index (χ0n) is 11.2. The number of carboxylic acid groups (broad SMARTS) is 1. The van der Waals surface area contributed by atoms with Gasteiger partial charge in [-0.2, -0.15) is 0 Å². The molecule has 2 amide bonds. The van der Waals surface area contributed by atoms with Crippen LogP contribution in [0.3, 0.4) is 0 Å². The van der Waals surface area contributed by atoms with Crippen LogP contribution in [0.1, 0.15) is 17.5 Å². The molecule has 0 saturated heterocycles. The molecule has 1 rings (SSSR count). The van der Waals surface area contributed by atoms with Crippen molar-refractivity contribution in [2.75, 3.05) is 19.0 Å². The number of hydrogen-bond donors (Lipinski definition) is 3. The molecule has 0 fully saturated rings. The molecule has 0 heterocycles. The third-order valence-electron chi connectivity index (χ3n) is 2.50. The Morgan fingerprint density at radius 3 is 2.58 bits per heavy atom. The van der Waals surface area contributed by atoms with Crippen molar-refractivity contribution in [1.82, 2.24) is 5.32 Å². The van der Waals surface area contributed by atoms with Crippen molar-refractivity contribution in [1.29, 1.82) is 0 Å². The van der Waals surface area contributed by atoms with Gasteiger partial charge in [0.05, 0.1) is 19.2 Å². The van der Waals surface area contributed by atoms with Crippen LogP contribution in [0.5, 0.6) is 5.75 Å². The number of rotatable bonds is 5. The second-order valence-corrected chi connectivity index (χ2v) is 4.19. The number of urea groups is 1. The molecule has 6 heteroatoms. The Hall–Kier alpha value is -2.24. The van der Waals surface area contributed by atoms with Gasteiger partial charge in [0, 0.05) is 6.54 Å². The number of aryl methyl sites for hydroxylation is 2. The Morgan fingerprint density at radius 2 is 2.00 bits per heavy atom. The number of benzene rings is 1. The van der Waals surface area contributed by atoms with E-state index in [4.69, 9.17) is 9.84 Å². The SMILES string of the molecule is COc1c(C)cc(C)cc1NC(=O)NCCC(=O)O. The summed E-state index contributed by atoms with van der Waals surface area (Å²) < 4.78 is 5.24. The number of aliphatic carboxylic acids is 1. The van der Waals surface area contributed by atoms with Gasteiger partial charge in [0.2, 0.25) is 0 Å². The predicted molar refractivity (Wildman–Crippen MR) is 71.7 cm³/mol. The largest absolute Gasteiger partial charge is 0.494 e. The average Bonchev–Trinajstić information content (AvgIpc) is 2.27. The number of hydrogen-bond acceptors (Lipinski definition) is 3. The minimum absolute atomic E-state index is 0.0777. The molecule has 0 unspecified atom stereocenters. The molecular weight excluding hydrogens is 248 g/mol. The Labute approximate surface area is 111 Å². The van der Waals surface area contributed by atoms with Crippen molar-refractivity contribution in [3.8, 4) is 5.75 Å². The molecule has 0 aliphatic rings. The highest BCUT2D eigenvalue weighted by Gasteiger charge is 2.10. The molecule has 1 aromatic rings. The van der Waals surface area contributed by atoms with Crippen LogP contribution in [-0.2, 0) is 4.79 Å². The zero-order chi connectivity index (χ0) is 14.4. The van der Waals surface area contributed by atoms with Crippen LogP contribution in [0.15, 0.2) is 12.1 Å².